The number of para-hydroxylation sites is 1. The van der Waals surface area contributed by atoms with Crippen LogP contribution in [-0.4, -0.2) is 14.8 Å². The Bertz CT molecular complexity index is 687. The van der Waals surface area contributed by atoms with E-state index in [1.807, 2.05) is 53.5 Å². The molecule has 21 heavy (non-hydrogen) atoms. The first-order valence-electron chi connectivity index (χ1n) is 7.09. The van der Waals surface area contributed by atoms with Crippen molar-refractivity contribution in [3.05, 3.63) is 64.4 Å². The van der Waals surface area contributed by atoms with Crippen LogP contribution in [0.15, 0.2) is 48.8 Å². The molecule has 1 N–H and O–H groups in total. The van der Waals surface area contributed by atoms with Gasteiger partial charge < -0.3 is 5.32 Å². The fraction of sp³-hybridized carbons (Fsp3) is 0.250. The fourth-order valence-electron chi connectivity index (χ4n) is 2.07. The Morgan fingerprint density at radius 1 is 1.14 bits per heavy atom. The zero-order chi connectivity index (χ0) is 14.5. The van der Waals surface area contributed by atoms with Crippen molar-refractivity contribution in [3.63, 3.8) is 0 Å². The highest BCUT2D eigenvalue weighted by molar-refractivity contribution is 7.11. The second kappa shape index (κ2) is 6.65. The minimum absolute atomic E-state index is 0.751. The zero-order valence-electron chi connectivity index (χ0n) is 12.0. The van der Waals surface area contributed by atoms with Crippen LogP contribution in [0.4, 0.5) is 0 Å². The standard InChI is InChI=1S/C16H18N4S/c1-2-15-11-18-16(21-15)12-17-10-13-8-9-20(19-13)14-6-4-3-5-7-14/h3-9,11,17H,2,10,12H2,1H3. The minimum atomic E-state index is 0.751. The molecule has 0 aliphatic heterocycles. The molecule has 3 aromatic rings. The summed E-state index contributed by atoms with van der Waals surface area (Å²) in [7, 11) is 0. The second-order valence-electron chi connectivity index (χ2n) is 4.76. The van der Waals surface area contributed by atoms with Crippen LogP contribution < -0.4 is 5.32 Å². The van der Waals surface area contributed by atoms with Crippen LogP contribution in [-0.2, 0) is 19.5 Å². The van der Waals surface area contributed by atoms with E-state index in [4.69, 9.17) is 0 Å². The van der Waals surface area contributed by atoms with Gasteiger partial charge in [0.2, 0.25) is 0 Å². The molecule has 0 atom stereocenters. The monoisotopic (exact) mass is 298 g/mol. The number of nitrogens with one attached hydrogen (secondary N) is 1. The predicted molar refractivity (Wildman–Crippen MR) is 85.6 cm³/mol. The Morgan fingerprint density at radius 3 is 2.76 bits per heavy atom. The molecule has 0 unspecified atom stereocenters. The normalized spacial score (nSPS) is 10.9. The van der Waals surface area contributed by atoms with Gasteiger partial charge in [-0.2, -0.15) is 5.10 Å². The molecule has 1 aromatic carbocycles. The summed E-state index contributed by atoms with van der Waals surface area (Å²) in [5, 5.41) is 9.10. The summed E-state index contributed by atoms with van der Waals surface area (Å²) in [5.74, 6) is 0. The molecule has 0 saturated heterocycles. The van der Waals surface area contributed by atoms with Gasteiger partial charge in [-0.25, -0.2) is 9.67 Å². The van der Waals surface area contributed by atoms with Gasteiger partial charge >= 0.3 is 0 Å². The third-order valence-electron chi connectivity index (χ3n) is 3.20. The summed E-state index contributed by atoms with van der Waals surface area (Å²) in [4.78, 5) is 5.73. The van der Waals surface area contributed by atoms with Gasteiger partial charge in [0, 0.05) is 30.4 Å². The topological polar surface area (TPSA) is 42.7 Å². The molecule has 0 aliphatic carbocycles. The number of hydrogen-bond donors (Lipinski definition) is 1. The van der Waals surface area contributed by atoms with Gasteiger partial charge in [-0.05, 0) is 24.6 Å². The van der Waals surface area contributed by atoms with E-state index >= 15 is 0 Å². The Morgan fingerprint density at radius 2 is 2.00 bits per heavy atom. The third-order valence-corrected chi connectivity index (χ3v) is 4.34. The van der Waals surface area contributed by atoms with E-state index in [1.165, 1.54) is 4.88 Å². The molecule has 0 fully saturated rings. The van der Waals surface area contributed by atoms with Crippen molar-refractivity contribution in [2.75, 3.05) is 0 Å². The Hall–Kier alpha value is -1.98. The Kier molecular flexibility index (Phi) is 4.43. The van der Waals surface area contributed by atoms with E-state index in [9.17, 15) is 0 Å². The van der Waals surface area contributed by atoms with Crippen LogP contribution in [0.2, 0.25) is 0 Å². The number of rotatable bonds is 6. The van der Waals surface area contributed by atoms with E-state index in [0.29, 0.717) is 0 Å². The highest BCUT2D eigenvalue weighted by atomic mass is 32.1. The van der Waals surface area contributed by atoms with Gasteiger partial charge in [-0.1, -0.05) is 25.1 Å². The lowest BCUT2D eigenvalue weighted by Crippen LogP contribution is -2.13. The summed E-state index contributed by atoms with van der Waals surface area (Å²) < 4.78 is 1.90. The van der Waals surface area contributed by atoms with Crippen molar-refractivity contribution in [3.8, 4) is 5.69 Å². The lowest BCUT2D eigenvalue weighted by Gasteiger charge is -2.01. The van der Waals surface area contributed by atoms with E-state index in [0.717, 1.165) is 35.9 Å². The largest absolute Gasteiger partial charge is 0.305 e. The van der Waals surface area contributed by atoms with E-state index < -0.39 is 0 Å². The summed E-state index contributed by atoms with van der Waals surface area (Å²) in [6.07, 6.45) is 5.01. The SMILES string of the molecule is CCc1cnc(CNCc2ccn(-c3ccccc3)n2)s1. The van der Waals surface area contributed by atoms with Crippen LogP contribution in [0.5, 0.6) is 0 Å². The molecule has 4 nitrogen and oxygen atoms in total. The lowest BCUT2D eigenvalue weighted by molar-refractivity contribution is 0.667. The molecule has 2 aromatic heterocycles. The quantitative estimate of drug-likeness (QED) is 0.760. The molecule has 0 spiro atoms. The van der Waals surface area contributed by atoms with Gasteiger partial charge in [-0.3, -0.25) is 0 Å². The predicted octanol–water partition coefficient (Wildman–Crippen LogP) is 3.18. The van der Waals surface area contributed by atoms with Gasteiger partial charge in [0.15, 0.2) is 0 Å². The van der Waals surface area contributed by atoms with Crippen LogP contribution in [0.25, 0.3) is 5.69 Å². The van der Waals surface area contributed by atoms with E-state index in [2.05, 4.69) is 22.3 Å². The first kappa shape index (κ1) is 14.0. The maximum atomic E-state index is 4.57. The van der Waals surface area contributed by atoms with Gasteiger partial charge in [0.05, 0.1) is 11.4 Å². The molecule has 0 saturated carbocycles. The molecule has 108 valence electrons. The van der Waals surface area contributed by atoms with E-state index in [1.54, 1.807) is 11.3 Å². The lowest BCUT2D eigenvalue weighted by atomic mass is 10.3. The molecule has 3 rings (SSSR count). The van der Waals surface area contributed by atoms with Crippen LogP contribution in [0, 0.1) is 0 Å². The molecule has 0 aliphatic rings. The highest BCUT2D eigenvalue weighted by Gasteiger charge is 2.03. The summed E-state index contributed by atoms with van der Waals surface area (Å²) in [6.45, 7) is 3.70. The summed E-state index contributed by atoms with van der Waals surface area (Å²) in [6, 6.07) is 12.2. The number of aryl methyl sites for hydroxylation is 1. The Balaban J connectivity index is 1.55. The number of aromatic nitrogens is 3. The van der Waals surface area contributed by atoms with Crippen molar-refractivity contribution >= 4 is 11.3 Å². The van der Waals surface area contributed by atoms with Gasteiger partial charge in [0.1, 0.15) is 5.01 Å². The minimum Gasteiger partial charge on any atom is -0.305 e. The van der Waals surface area contributed by atoms with E-state index in [-0.39, 0.29) is 0 Å². The average molecular weight is 298 g/mol. The molecule has 0 amide bonds. The van der Waals surface area contributed by atoms with Crippen molar-refractivity contribution in [1.29, 1.82) is 0 Å². The van der Waals surface area contributed by atoms with Crippen molar-refractivity contribution < 1.29 is 0 Å². The highest BCUT2D eigenvalue weighted by Crippen LogP contribution is 2.13. The molecule has 0 bridgehead atoms. The Labute approximate surface area is 128 Å². The van der Waals surface area contributed by atoms with Crippen molar-refractivity contribution in [2.45, 2.75) is 26.4 Å². The average Bonchev–Trinajstić information content (AvgIpc) is 3.17. The van der Waals surface area contributed by atoms with Crippen LogP contribution >= 0.6 is 11.3 Å². The molecule has 0 radical (unpaired) electrons. The van der Waals surface area contributed by atoms with Crippen LogP contribution in [0.3, 0.4) is 0 Å². The first-order chi connectivity index (χ1) is 10.3. The maximum Gasteiger partial charge on any atom is 0.107 e. The first-order valence-corrected chi connectivity index (χ1v) is 7.91. The summed E-state index contributed by atoms with van der Waals surface area (Å²) in [5.41, 5.74) is 2.11. The van der Waals surface area contributed by atoms with Crippen molar-refractivity contribution in [1.82, 2.24) is 20.1 Å². The number of hydrogen-bond acceptors (Lipinski definition) is 4. The second-order valence-corrected chi connectivity index (χ2v) is 5.96. The maximum absolute atomic E-state index is 4.57. The van der Waals surface area contributed by atoms with Gasteiger partial charge in [-0.15, -0.1) is 11.3 Å². The number of benzene rings is 1. The molecule has 2 heterocycles. The zero-order valence-corrected chi connectivity index (χ0v) is 12.8. The van der Waals surface area contributed by atoms with Crippen molar-refractivity contribution in [2.24, 2.45) is 0 Å². The third kappa shape index (κ3) is 3.56. The van der Waals surface area contributed by atoms with Crippen LogP contribution in [0.1, 0.15) is 22.5 Å². The number of thiazole rings is 1. The number of nitrogens with zero attached hydrogens (tertiary/aromatic N) is 3. The fourth-order valence-corrected chi connectivity index (χ4v) is 2.90. The molecular weight excluding hydrogens is 280 g/mol. The summed E-state index contributed by atoms with van der Waals surface area (Å²) >= 11 is 1.77. The van der Waals surface area contributed by atoms with Gasteiger partial charge in [0.25, 0.3) is 0 Å². The smallest absolute Gasteiger partial charge is 0.107 e. The molecular formula is C16H18N4S. The molecule has 5 heteroatoms.